The van der Waals surface area contributed by atoms with E-state index >= 15 is 0 Å². The molecule has 0 saturated carbocycles. The van der Waals surface area contributed by atoms with Gasteiger partial charge in [-0.3, -0.25) is 9.69 Å². The summed E-state index contributed by atoms with van der Waals surface area (Å²) in [7, 11) is 2.07. The first-order valence-corrected chi connectivity index (χ1v) is 8.41. The lowest BCUT2D eigenvalue weighted by Gasteiger charge is -2.30. The summed E-state index contributed by atoms with van der Waals surface area (Å²) in [6.45, 7) is 2.80. The first-order valence-electron chi connectivity index (χ1n) is 8.41. The highest BCUT2D eigenvalue weighted by molar-refractivity contribution is 5.93. The van der Waals surface area contributed by atoms with Crippen LogP contribution in [0.15, 0.2) is 47.3 Å². The Morgan fingerprint density at radius 1 is 1.29 bits per heavy atom. The van der Waals surface area contributed by atoms with Crippen molar-refractivity contribution in [3.05, 3.63) is 54.4 Å². The molecule has 2 aromatic heterocycles. The fourth-order valence-electron chi connectivity index (χ4n) is 3.56. The van der Waals surface area contributed by atoms with Gasteiger partial charge in [0.05, 0.1) is 6.20 Å². The number of carbonyl (C=O) groups is 1. The highest BCUT2D eigenvalue weighted by atomic mass is 16.3. The lowest BCUT2D eigenvalue weighted by atomic mass is 9.92. The molecule has 124 valence electrons. The molecule has 1 fully saturated rings. The van der Waals surface area contributed by atoms with E-state index in [-0.39, 0.29) is 17.6 Å². The van der Waals surface area contributed by atoms with Crippen LogP contribution >= 0.6 is 0 Å². The van der Waals surface area contributed by atoms with Crippen molar-refractivity contribution in [3.8, 4) is 0 Å². The number of hydrogen-bond acceptors (Lipinski definition) is 4. The zero-order chi connectivity index (χ0) is 16.5. The number of carbonyl (C=O) groups excluding carboxylic acids is 1. The fraction of sp³-hybridized carbons (Fsp3) is 0.368. The van der Waals surface area contributed by atoms with E-state index in [2.05, 4.69) is 52.0 Å². The molecule has 24 heavy (non-hydrogen) atoms. The number of piperidine rings is 1. The van der Waals surface area contributed by atoms with Crippen LogP contribution in [0.5, 0.6) is 0 Å². The molecule has 0 N–H and O–H groups in total. The van der Waals surface area contributed by atoms with Crippen molar-refractivity contribution in [2.75, 3.05) is 13.1 Å². The van der Waals surface area contributed by atoms with E-state index in [0.29, 0.717) is 0 Å². The summed E-state index contributed by atoms with van der Waals surface area (Å²) in [5.41, 5.74) is 2.58. The zero-order valence-electron chi connectivity index (χ0n) is 13.8. The topological polar surface area (TPSA) is 51.3 Å². The lowest BCUT2D eigenvalue weighted by molar-refractivity contribution is 0.0799. The fourth-order valence-corrected chi connectivity index (χ4v) is 3.56. The quantitative estimate of drug-likeness (QED) is 0.692. The molecule has 3 heterocycles. The Morgan fingerprint density at radius 2 is 2.12 bits per heavy atom. The molecule has 1 aliphatic rings. The van der Waals surface area contributed by atoms with Crippen LogP contribution in [0.25, 0.3) is 10.9 Å². The molecule has 0 spiro atoms. The van der Waals surface area contributed by atoms with Crippen LogP contribution in [0.4, 0.5) is 0 Å². The molecule has 0 atom stereocenters. The van der Waals surface area contributed by atoms with Gasteiger partial charge in [-0.2, -0.15) is 0 Å². The largest absolute Gasteiger partial charge is 0.442 e. The van der Waals surface area contributed by atoms with Crippen molar-refractivity contribution in [1.82, 2.24) is 14.5 Å². The van der Waals surface area contributed by atoms with Crippen molar-refractivity contribution in [3.63, 3.8) is 0 Å². The second-order valence-corrected chi connectivity index (χ2v) is 6.57. The molecule has 0 radical (unpaired) electrons. The van der Waals surface area contributed by atoms with Crippen molar-refractivity contribution >= 4 is 16.7 Å². The smallest absolute Gasteiger partial charge is 0.263 e. The minimum atomic E-state index is 0.0384. The summed E-state index contributed by atoms with van der Waals surface area (Å²) in [6, 6.07) is 8.80. The Bertz CT molecular complexity index is 843. The van der Waals surface area contributed by atoms with E-state index in [1.165, 1.54) is 28.9 Å². The normalized spacial score (nSPS) is 16.7. The van der Waals surface area contributed by atoms with Crippen molar-refractivity contribution in [2.45, 2.75) is 19.4 Å². The predicted octanol–water partition coefficient (Wildman–Crippen LogP) is 3.26. The van der Waals surface area contributed by atoms with Crippen molar-refractivity contribution < 1.29 is 9.21 Å². The number of Topliss-reactive ketones (excluding diaryl/α,β-unsaturated/α-hetero) is 1. The Balaban J connectivity index is 1.38. The Morgan fingerprint density at radius 3 is 2.88 bits per heavy atom. The number of hydrogen-bond donors (Lipinski definition) is 0. The minimum absolute atomic E-state index is 0.0384. The first-order chi connectivity index (χ1) is 11.7. The van der Waals surface area contributed by atoms with E-state index in [1.807, 2.05) is 0 Å². The van der Waals surface area contributed by atoms with Gasteiger partial charge in [-0.15, -0.1) is 0 Å². The molecule has 1 aromatic carbocycles. The average Bonchev–Trinajstić information content (AvgIpc) is 3.25. The molecule has 0 unspecified atom stereocenters. The standard InChI is InChI=1S/C19H21N3O2/c1-21-8-4-16-12-14(2-3-17(16)21)13-22-9-5-15(6-10-22)18(23)19-20-7-11-24-19/h2-4,7-8,11-12,15H,5-6,9-10,13H2,1H3. The van der Waals surface area contributed by atoms with Crippen LogP contribution in [0, 0.1) is 5.92 Å². The molecule has 5 nitrogen and oxygen atoms in total. The number of aryl methyl sites for hydroxylation is 1. The first kappa shape index (κ1) is 15.1. The van der Waals surface area contributed by atoms with Crippen LogP contribution in [0.2, 0.25) is 0 Å². The van der Waals surface area contributed by atoms with Gasteiger partial charge in [-0.25, -0.2) is 4.98 Å². The lowest BCUT2D eigenvalue weighted by Crippen LogP contribution is -2.36. The van der Waals surface area contributed by atoms with Gasteiger partial charge in [0, 0.05) is 31.2 Å². The molecule has 0 aliphatic carbocycles. The van der Waals surface area contributed by atoms with E-state index in [1.54, 1.807) is 0 Å². The third-order valence-electron chi connectivity index (χ3n) is 4.96. The molecule has 0 amide bonds. The number of rotatable bonds is 4. The van der Waals surface area contributed by atoms with Gasteiger partial charge in [0.15, 0.2) is 0 Å². The molecule has 5 heteroatoms. The van der Waals surface area contributed by atoms with Crippen LogP contribution in [-0.4, -0.2) is 33.3 Å². The van der Waals surface area contributed by atoms with Gasteiger partial charge >= 0.3 is 0 Å². The van der Waals surface area contributed by atoms with E-state index in [4.69, 9.17) is 4.42 Å². The maximum absolute atomic E-state index is 12.3. The molecule has 0 bridgehead atoms. The summed E-state index contributed by atoms with van der Waals surface area (Å²) in [5.74, 6) is 0.338. The zero-order valence-corrected chi connectivity index (χ0v) is 13.8. The number of benzene rings is 1. The molecule has 3 aromatic rings. The molecule has 1 saturated heterocycles. The highest BCUT2D eigenvalue weighted by Crippen LogP contribution is 2.23. The molecular weight excluding hydrogens is 302 g/mol. The SMILES string of the molecule is Cn1ccc2cc(CN3CCC(C(=O)c4ncco4)CC3)ccc21. The number of fused-ring (bicyclic) bond motifs is 1. The third-order valence-corrected chi connectivity index (χ3v) is 4.96. The number of oxazole rings is 1. The van der Waals surface area contributed by atoms with E-state index in [9.17, 15) is 4.79 Å². The number of ketones is 1. The Hall–Kier alpha value is -2.40. The number of aromatic nitrogens is 2. The monoisotopic (exact) mass is 323 g/mol. The van der Waals surface area contributed by atoms with Crippen LogP contribution < -0.4 is 0 Å². The van der Waals surface area contributed by atoms with Gasteiger partial charge in [-0.1, -0.05) is 6.07 Å². The second-order valence-electron chi connectivity index (χ2n) is 6.57. The summed E-state index contributed by atoms with van der Waals surface area (Å²) in [4.78, 5) is 18.7. The van der Waals surface area contributed by atoms with E-state index in [0.717, 1.165) is 32.5 Å². The van der Waals surface area contributed by atoms with Gasteiger partial charge in [0.1, 0.15) is 6.26 Å². The van der Waals surface area contributed by atoms with Crippen molar-refractivity contribution in [1.29, 1.82) is 0 Å². The summed E-state index contributed by atoms with van der Waals surface area (Å²) < 4.78 is 7.28. The minimum Gasteiger partial charge on any atom is -0.442 e. The average molecular weight is 323 g/mol. The maximum Gasteiger partial charge on any atom is 0.263 e. The summed E-state index contributed by atoms with van der Waals surface area (Å²) >= 11 is 0. The molecule has 1 aliphatic heterocycles. The highest BCUT2D eigenvalue weighted by Gasteiger charge is 2.28. The second kappa shape index (κ2) is 6.24. The van der Waals surface area contributed by atoms with E-state index < -0.39 is 0 Å². The van der Waals surface area contributed by atoms with Crippen LogP contribution in [-0.2, 0) is 13.6 Å². The van der Waals surface area contributed by atoms with Gasteiger partial charge in [0.2, 0.25) is 5.78 Å². The predicted molar refractivity (Wildman–Crippen MR) is 91.8 cm³/mol. The van der Waals surface area contributed by atoms with Gasteiger partial charge < -0.3 is 8.98 Å². The molecular formula is C19H21N3O2. The van der Waals surface area contributed by atoms with Crippen LogP contribution in [0.3, 0.4) is 0 Å². The molecule has 4 rings (SSSR count). The maximum atomic E-state index is 12.3. The third kappa shape index (κ3) is 2.87. The summed E-state index contributed by atoms with van der Waals surface area (Å²) in [5, 5.41) is 1.28. The summed E-state index contributed by atoms with van der Waals surface area (Å²) in [6.07, 6.45) is 6.82. The van der Waals surface area contributed by atoms with Gasteiger partial charge in [-0.05, 0) is 55.1 Å². The Kier molecular flexibility index (Phi) is 3.94. The van der Waals surface area contributed by atoms with Crippen LogP contribution in [0.1, 0.15) is 29.1 Å². The van der Waals surface area contributed by atoms with Crippen molar-refractivity contribution in [2.24, 2.45) is 13.0 Å². The van der Waals surface area contributed by atoms with Gasteiger partial charge in [0.25, 0.3) is 5.89 Å². The Labute approximate surface area is 140 Å². The number of nitrogens with zero attached hydrogens (tertiary/aromatic N) is 3. The number of likely N-dealkylation sites (tertiary alicyclic amines) is 1.